The lowest BCUT2D eigenvalue weighted by Gasteiger charge is -2.29. The van der Waals surface area contributed by atoms with Crippen molar-refractivity contribution in [1.29, 1.82) is 0 Å². The van der Waals surface area contributed by atoms with E-state index in [0.717, 1.165) is 15.6 Å². The van der Waals surface area contributed by atoms with Crippen molar-refractivity contribution >= 4 is 11.3 Å². The van der Waals surface area contributed by atoms with Crippen LogP contribution >= 0.6 is 11.3 Å². The lowest BCUT2D eigenvalue weighted by Crippen LogP contribution is -2.41. The molecule has 0 aliphatic carbocycles. The van der Waals surface area contributed by atoms with Crippen LogP contribution in [-0.2, 0) is 10.3 Å². The smallest absolute Gasteiger partial charge is 0.383 e. The number of hydrogen-bond donors (Lipinski definition) is 1. The van der Waals surface area contributed by atoms with Crippen LogP contribution in [0.2, 0.25) is 0 Å². The molecule has 0 amide bonds. The average Bonchev–Trinajstić information content (AvgIpc) is 2.69. The summed E-state index contributed by atoms with van der Waals surface area (Å²) in [5.41, 5.74) is 0.388. The molecule has 122 valence electrons. The zero-order chi connectivity index (χ0) is 16.1. The minimum absolute atomic E-state index is 0.0810. The van der Waals surface area contributed by atoms with Gasteiger partial charge in [-0.3, -0.25) is 0 Å². The van der Waals surface area contributed by atoms with Crippen LogP contribution < -0.4 is 5.32 Å². The summed E-state index contributed by atoms with van der Waals surface area (Å²) in [6.07, 6.45) is -4.40. The van der Waals surface area contributed by atoms with Crippen molar-refractivity contribution in [1.82, 2.24) is 10.3 Å². The van der Waals surface area contributed by atoms with Crippen LogP contribution in [0.15, 0.2) is 0 Å². The molecular formula is C14H23F3N2OS. The van der Waals surface area contributed by atoms with Crippen molar-refractivity contribution in [3.05, 3.63) is 15.6 Å². The first kappa shape index (κ1) is 18.4. The maximum Gasteiger partial charge on any atom is 0.389 e. The Labute approximate surface area is 127 Å². The molecule has 0 fully saturated rings. The number of hydrogen-bond acceptors (Lipinski definition) is 4. The molecule has 0 spiro atoms. The largest absolute Gasteiger partial charge is 0.389 e. The fourth-order valence-electron chi connectivity index (χ4n) is 2.05. The topological polar surface area (TPSA) is 34.1 Å². The number of thiazole rings is 1. The van der Waals surface area contributed by atoms with E-state index in [1.165, 1.54) is 0 Å². The third-order valence-electron chi connectivity index (χ3n) is 3.46. The summed E-state index contributed by atoms with van der Waals surface area (Å²) < 4.78 is 42.1. The second-order valence-electron chi connectivity index (χ2n) is 5.38. The van der Waals surface area contributed by atoms with Gasteiger partial charge in [-0.1, -0.05) is 0 Å². The predicted octanol–water partition coefficient (Wildman–Crippen LogP) is 3.94. The van der Waals surface area contributed by atoms with Crippen LogP contribution in [0.5, 0.6) is 0 Å². The van der Waals surface area contributed by atoms with Crippen LogP contribution in [0.1, 0.15) is 41.8 Å². The van der Waals surface area contributed by atoms with Crippen LogP contribution in [-0.4, -0.2) is 31.4 Å². The fraction of sp³-hybridized carbons (Fsp3) is 0.786. The third kappa shape index (κ3) is 5.92. The Balaban J connectivity index is 2.78. The van der Waals surface area contributed by atoms with Gasteiger partial charge in [-0.25, -0.2) is 4.98 Å². The van der Waals surface area contributed by atoms with E-state index in [4.69, 9.17) is 4.74 Å². The summed E-state index contributed by atoms with van der Waals surface area (Å²) in [5.74, 6) is 0. The van der Waals surface area contributed by atoms with Crippen molar-refractivity contribution < 1.29 is 17.9 Å². The molecule has 1 aromatic rings. The number of methoxy groups -OCH3 is 1. The van der Waals surface area contributed by atoms with Gasteiger partial charge in [-0.15, -0.1) is 11.3 Å². The van der Waals surface area contributed by atoms with Gasteiger partial charge in [0, 0.05) is 25.0 Å². The fourth-order valence-corrected chi connectivity index (χ4v) is 3.12. The van der Waals surface area contributed by atoms with Gasteiger partial charge < -0.3 is 10.1 Å². The van der Waals surface area contributed by atoms with Crippen molar-refractivity contribution in [3.63, 3.8) is 0 Å². The van der Waals surface area contributed by atoms with Gasteiger partial charge in [0.1, 0.15) is 5.01 Å². The molecule has 0 radical (unpaired) electrons. The Hall–Kier alpha value is -0.660. The number of aromatic nitrogens is 1. The molecule has 0 saturated carbocycles. The number of aryl methyl sites for hydroxylation is 2. The molecule has 0 aromatic carbocycles. The first-order valence-corrected chi connectivity index (χ1v) is 7.75. The number of rotatable bonds is 8. The van der Waals surface area contributed by atoms with Crippen molar-refractivity contribution in [2.24, 2.45) is 0 Å². The molecule has 3 nitrogen and oxygen atoms in total. The number of ether oxygens (including phenoxy) is 1. The lowest BCUT2D eigenvalue weighted by molar-refractivity contribution is -0.136. The molecule has 0 bridgehead atoms. The van der Waals surface area contributed by atoms with E-state index in [9.17, 15) is 13.2 Å². The maximum atomic E-state index is 12.4. The van der Waals surface area contributed by atoms with E-state index in [2.05, 4.69) is 10.3 Å². The van der Waals surface area contributed by atoms with E-state index in [1.54, 1.807) is 18.4 Å². The quantitative estimate of drug-likeness (QED) is 0.735. The monoisotopic (exact) mass is 324 g/mol. The summed E-state index contributed by atoms with van der Waals surface area (Å²) in [5, 5.41) is 4.14. The Bertz CT molecular complexity index is 428. The molecule has 1 heterocycles. The summed E-state index contributed by atoms with van der Waals surface area (Å²) in [6.45, 7) is 6.90. The zero-order valence-corrected chi connectivity index (χ0v) is 13.7. The van der Waals surface area contributed by atoms with Gasteiger partial charge in [-0.05, 0) is 33.6 Å². The van der Waals surface area contributed by atoms with Crippen molar-refractivity contribution in [2.75, 3.05) is 20.3 Å². The van der Waals surface area contributed by atoms with E-state index < -0.39 is 18.1 Å². The molecule has 1 rings (SSSR count). The van der Waals surface area contributed by atoms with Gasteiger partial charge >= 0.3 is 6.18 Å². The molecule has 1 unspecified atom stereocenters. The molecule has 0 saturated heterocycles. The molecule has 0 aliphatic rings. The third-order valence-corrected chi connectivity index (χ3v) is 4.80. The standard InChI is InChI=1S/C14H23F3N2OS/c1-10-11(2)21-12(19-10)13(3,18-8-9-20-4)6-5-7-14(15,16)17/h18H,5-9H2,1-4H3. The first-order valence-electron chi connectivity index (χ1n) is 6.93. The molecule has 1 N–H and O–H groups in total. The molecule has 1 atom stereocenters. The van der Waals surface area contributed by atoms with Crippen LogP contribution in [0, 0.1) is 13.8 Å². The number of nitrogens with zero attached hydrogens (tertiary/aromatic N) is 1. The van der Waals surface area contributed by atoms with Crippen molar-refractivity contribution in [3.8, 4) is 0 Å². The summed E-state index contributed by atoms with van der Waals surface area (Å²) >= 11 is 1.54. The minimum atomic E-state index is -4.11. The lowest BCUT2D eigenvalue weighted by atomic mass is 9.95. The van der Waals surface area contributed by atoms with Gasteiger partial charge in [0.25, 0.3) is 0 Å². The average molecular weight is 324 g/mol. The summed E-state index contributed by atoms with van der Waals surface area (Å²) in [6, 6.07) is 0. The predicted molar refractivity (Wildman–Crippen MR) is 78.7 cm³/mol. The highest BCUT2D eigenvalue weighted by Crippen LogP contribution is 2.33. The Morgan fingerprint density at radius 3 is 2.38 bits per heavy atom. The summed E-state index contributed by atoms with van der Waals surface area (Å²) in [7, 11) is 1.60. The Morgan fingerprint density at radius 2 is 1.90 bits per heavy atom. The molecule has 0 aliphatic heterocycles. The highest BCUT2D eigenvalue weighted by molar-refractivity contribution is 7.11. The summed E-state index contributed by atoms with van der Waals surface area (Å²) in [4.78, 5) is 5.61. The second-order valence-corrected chi connectivity index (χ2v) is 6.58. The van der Waals surface area contributed by atoms with Crippen LogP contribution in [0.4, 0.5) is 13.2 Å². The number of halogens is 3. The first-order chi connectivity index (χ1) is 9.68. The highest BCUT2D eigenvalue weighted by Gasteiger charge is 2.33. The SMILES string of the molecule is COCCNC(C)(CCCC(F)(F)F)c1nc(C)c(C)s1. The van der Waals surface area contributed by atoms with E-state index in [-0.39, 0.29) is 6.42 Å². The zero-order valence-electron chi connectivity index (χ0n) is 12.9. The Kier molecular flexibility index (Phi) is 6.62. The van der Waals surface area contributed by atoms with E-state index in [0.29, 0.717) is 19.6 Å². The van der Waals surface area contributed by atoms with Gasteiger partial charge in [0.05, 0.1) is 17.8 Å². The highest BCUT2D eigenvalue weighted by atomic mass is 32.1. The molecular weight excluding hydrogens is 301 g/mol. The van der Waals surface area contributed by atoms with Gasteiger partial charge in [0.15, 0.2) is 0 Å². The number of nitrogens with one attached hydrogen (secondary N) is 1. The van der Waals surface area contributed by atoms with E-state index >= 15 is 0 Å². The van der Waals surface area contributed by atoms with Gasteiger partial charge in [0.2, 0.25) is 0 Å². The minimum Gasteiger partial charge on any atom is -0.383 e. The normalized spacial score (nSPS) is 15.2. The molecule has 21 heavy (non-hydrogen) atoms. The van der Waals surface area contributed by atoms with Crippen LogP contribution in [0.3, 0.4) is 0 Å². The maximum absolute atomic E-state index is 12.4. The van der Waals surface area contributed by atoms with Crippen molar-refractivity contribution in [2.45, 2.75) is 51.7 Å². The van der Waals surface area contributed by atoms with Crippen LogP contribution in [0.25, 0.3) is 0 Å². The Morgan fingerprint density at radius 1 is 1.24 bits per heavy atom. The number of alkyl halides is 3. The van der Waals surface area contributed by atoms with E-state index in [1.807, 2.05) is 20.8 Å². The van der Waals surface area contributed by atoms with Gasteiger partial charge in [-0.2, -0.15) is 13.2 Å². The molecule has 1 aromatic heterocycles. The molecule has 7 heteroatoms. The second kappa shape index (κ2) is 7.56.